The van der Waals surface area contributed by atoms with Crippen LogP contribution >= 0.6 is 11.3 Å². The van der Waals surface area contributed by atoms with E-state index in [4.69, 9.17) is 15.2 Å². The first-order chi connectivity index (χ1) is 7.69. The van der Waals surface area contributed by atoms with Crippen LogP contribution in [0, 0.1) is 6.92 Å². The highest BCUT2D eigenvalue weighted by Gasteiger charge is 2.15. The van der Waals surface area contributed by atoms with Gasteiger partial charge in [-0.25, -0.2) is 9.78 Å². The van der Waals surface area contributed by atoms with Gasteiger partial charge in [-0.15, -0.1) is 11.3 Å². The van der Waals surface area contributed by atoms with Crippen molar-refractivity contribution >= 4 is 17.3 Å². The molecule has 0 unspecified atom stereocenters. The molecule has 0 fully saturated rings. The number of carbonyl (C=O) groups is 1. The minimum Gasteiger partial charge on any atom is -0.459 e. The van der Waals surface area contributed by atoms with Crippen LogP contribution in [-0.4, -0.2) is 30.8 Å². The second-order valence-electron chi connectivity index (χ2n) is 3.06. The van der Waals surface area contributed by atoms with Crippen LogP contribution in [0.5, 0.6) is 0 Å². The van der Waals surface area contributed by atoms with Crippen molar-refractivity contribution in [1.82, 2.24) is 4.98 Å². The number of aryl methyl sites for hydroxylation is 1. The highest BCUT2D eigenvalue weighted by Crippen LogP contribution is 2.18. The Morgan fingerprint density at radius 1 is 1.50 bits per heavy atom. The zero-order valence-electron chi connectivity index (χ0n) is 9.49. The average Bonchev–Trinajstić information content (AvgIpc) is 2.66. The lowest BCUT2D eigenvalue weighted by atomic mass is 10.4. The van der Waals surface area contributed by atoms with Gasteiger partial charge < -0.3 is 15.2 Å². The van der Waals surface area contributed by atoms with Gasteiger partial charge in [-0.05, 0) is 13.8 Å². The van der Waals surface area contributed by atoms with Gasteiger partial charge in [0.25, 0.3) is 0 Å². The molecule has 2 N–H and O–H groups in total. The maximum absolute atomic E-state index is 11.6. The maximum atomic E-state index is 11.6. The lowest BCUT2D eigenvalue weighted by Gasteiger charge is -2.03. The van der Waals surface area contributed by atoms with Crippen LogP contribution in [0.15, 0.2) is 0 Å². The second-order valence-corrected chi connectivity index (χ2v) is 4.14. The summed E-state index contributed by atoms with van der Waals surface area (Å²) in [5, 5.41) is 0.745. The van der Waals surface area contributed by atoms with Gasteiger partial charge in [0.2, 0.25) is 0 Å². The molecule has 0 aliphatic heterocycles. The molecule has 1 aromatic heterocycles. The number of aromatic nitrogens is 1. The number of rotatable bonds is 6. The number of hydrogen-bond acceptors (Lipinski definition) is 6. The Labute approximate surface area is 98.6 Å². The zero-order valence-corrected chi connectivity index (χ0v) is 10.3. The third-order valence-electron chi connectivity index (χ3n) is 1.87. The minimum absolute atomic E-state index is 0.266. The number of carbonyl (C=O) groups excluding carboxylic acids is 1. The van der Waals surface area contributed by atoms with Crippen molar-refractivity contribution in [1.29, 1.82) is 0 Å². The molecule has 0 aromatic carbocycles. The van der Waals surface area contributed by atoms with Gasteiger partial charge in [0, 0.05) is 13.2 Å². The predicted molar refractivity (Wildman–Crippen MR) is 61.5 cm³/mol. The number of hydrogen-bond donors (Lipinski definition) is 1. The molecular weight excluding hydrogens is 228 g/mol. The molecule has 5 nitrogen and oxygen atoms in total. The SMILES string of the molecule is CCOCCOC(=O)c1sc(CN)nc1C. The van der Waals surface area contributed by atoms with Crippen LogP contribution in [0.4, 0.5) is 0 Å². The quantitative estimate of drug-likeness (QED) is 0.599. The summed E-state index contributed by atoms with van der Waals surface area (Å²) in [6.07, 6.45) is 0. The van der Waals surface area contributed by atoms with E-state index >= 15 is 0 Å². The van der Waals surface area contributed by atoms with Crippen molar-refractivity contribution in [3.63, 3.8) is 0 Å². The first-order valence-electron chi connectivity index (χ1n) is 5.10. The van der Waals surface area contributed by atoms with Gasteiger partial charge in [0.1, 0.15) is 16.5 Å². The molecular formula is C10H16N2O3S. The standard InChI is InChI=1S/C10H16N2O3S/c1-3-14-4-5-15-10(13)9-7(2)12-8(6-11)16-9/h3-6,11H2,1-2H3. The van der Waals surface area contributed by atoms with Gasteiger partial charge in [-0.1, -0.05) is 0 Å². The third-order valence-corrected chi connectivity index (χ3v) is 3.03. The number of esters is 1. The van der Waals surface area contributed by atoms with Crippen molar-refractivity contribution < 1.29 is 14.3 Å². The largest absolute Gasteiger partial charge is 0.459 e. The fourth-order valence-electron chi connectivity index (χ4n) is 1.13. The minimum atomic E-state index is -0.352. The summed E-state index contributed by atoms with van der Waals surface area (Å²) in [6, 6.07) is 0. The van der Waals surface area contributed by atoms with E-state index in [0.29, 0.717) is 30.3 Å². The Balaban J connectivity index is 2.49. The second kappa shape index (κ2) is 6.57. The van der Waals surface area contributed by atoms with Gasteiger partial charge >= 0.3 is 5.97 Å². The van der Waals surface area contributed by atoms with Gasteiger partial charge in [-0.3, -0.25) is 0 Å². The molecule has 1 heterocycles. The van der Waals surface area contributed by atoms with E-state index in [1.165, 1.54) is 11.3 Å². The van der Waals surface area contributed by atoms with Crippen LogP contribution in [0.2, 0.25) is 0 Å². The molecule has 0 aliphatic rings. The highest BCUT2D eigenvalue weighted by atomic mass is 32.1. The molecule has 0 bridgehead atoms. The molecule has 1 aromatic rings. The van der Waals surface area contributed by atoms with Crippen LogP contribution in [0.1, 0.15) is 27.3 Å². The first kappa shape index (κ1) is 13.1. The van der Waals surface area contributed by atoms with E-state index < -0.39 is 0 Å². The van der Waals surface area contributed by atoms with E-state index in [9.17, 15) is 4.79 Å². The summed E-state index contributed by atoms with van der Waals surface area (Å²) in [4.78, 5) is 16.3. The molecule has 0 saturated heterocycles. The summed E-state index contributed by atoms with van der Waals surface area (Å²) in [5.41, 5.74) is 6.12. The molecule has 0 atom stereocenters. The van der Waals surface area contributed by atoms with Crippen LogP contribution in [0.25, 0.3) is 0 Å². The Kier molecular flexibility index (Phi) is 5.37. The van der Waals surface area contributed by atoms with Crippen molar-refractivity contribution in [3.05, 3.63) is 15.6 Å². The van der Waals surface area contributed by atoms with Crippen molar-refractivity contribution in [3.8, 4) is 0 Å². The van der Waals surface area contributed by atoms with Crippen molar-refractivity contribution in [2.75, 3.05) is 19.8 Å². The average molecular weight is 244 g/mol. The van der Waals surface area contributed by atoms with Crippen LogP contribution in [0.3, 0.4) is 0 Å². The normalized spacial score (nSPS) is 10.4. The summed E-state index contributed by atoms with van der Waals surface area (Å²) in [7, 11) is 0. The van der Waals surface area contributed by atoms with Gasteiger partial charge in [0.05, 0.1) is 12.3 Å². The van der Waals surface area contributed by atoms with Gasteiger partial charge in [-0.2, -0.15) is 0 Å². The lowest BCUT2D eigenvalue weighted by molar-refractivity contribution is 0.0339. The first-order valence-corrected chi connectivity index (χ1v) is 5.92. The molecule has 0 radical (unpaired) electrons. The molecule has 0 saturated carbocycles. The molecule has 0 amide bonds. The van der Waals surface area contributed by atoms with Gasteiger partial charge in [0.15, 0.2) is 0 Å². The summed E-state index contributed by atoms with van der Waals surface area (Å²) < 4.78 is 10.1. The molecule has 16 heavy (non-hydrogen) atoms. The van der Waals surface area contributed by atoms with Crippen LogP contribution in [-0.2, 0) is 16.0 Å². The van der Waals surface area contributed by atoms with E-state index in [1.54, 1.807) is 6.92 Å². The fourth-order valence-corrected chi connectivity index (χ4v) is 1.97. The summed E-state index contributed by atoms with van der Waals surface area (Å²) >= 11 is 1.28. The molecule has 6 heteroatoms. The Morgan fingerprint density at radius 3 is 2.81 bits per heavy atom. The Bertz CT molecular complexity index is 352. The molecule has 0 aliphatic carbocycles. The van der Waals surface area contributed by atoms with Crippen molar-refractivity contribution in [2.45, 2.75) is 20.4 Å². The van der Waals surface area contributed by atoms with Crippen LogP contribution < -0.4 is 5.73 Å². The smallest absolute Gasteiger partial charge is 0.350 e. The van der Waals surface area contributed by atoms with E-state index in [2.05, 4.69) is 4.98 Å². The zero-order chi connectivity index (χ0) is 12.0. The van der Waals surface area contributed by atoms with E-state index in [1.807, 2.05) is 6.92 Å². The Hall–Kier alpha value is -0.980. The predicted octanol–water partition coefficient (Wildman–Crippen LogP) is 1.10. The van der Waals surface area contributed by atoms with Crippen molar-refractivity contribution in [2.24, 2.45) is 5.73 Å². The van der Waals surface area contributed by atoms with E-state index in [0.717, 1.165) is 5.01 Å². The number of nitrogens with two attached hydrogens (primary N) is 1. The fraction of sp³-hybridized carbons (Fsp3) is 0.600. The lowest BCUT2D eigenvalue weighted by Crippen LogP contribution is -2.10. The topological polar surface area (TPSA) is 74.4 Å². The number of ether oxygens (including phenoxy) is 2. The summed E-state index contributed by atoms with van der Waals surface area (Å²) in [6.45, 7) is 5.31. The molecule has 0 spiro atoms. The number of nitrogens with zero attached hydrogens (tertiary/aromatic N) is 1. The maximum Gasteiger partial charge on any atom is 0.350 e. The third kappa shape index (κ3) is 3.55. The summed E-state index contributed by atoms with van der Waals surface area (Å²) in [5.74, 6) is -0.352. The Morgan fingerprint density at radius 2 is 2.25 bits per heavy atom. The monoisotopic (exact) mass is 244 g/mol. The molecule has 90 valence electrons. The van der Waals surface area contributed by atoms with E-state index in [-0.39, 0.29) is 12.6 Å². The number of thiazole rings is 1. The molecule has 1 rings (SSSR count). The highest BCUT2D eigenvalue weighted by molar-refractivity contribution is 7.13.